The number of amides is 1. The highest BCUT2D eigenvalue weighted by molar-refractivity contribution is 6.30. The second-order valence-corrected chi connectivity index (χ2v) is 7.69. The molecule has 2 atom stereocenters. The molecule has 3 aromatic carbocycles. The molecule has 4 nitrogen and oxygen atoms in total. The number of hydrogen-bond donors (Lipinski definition) is 2. The van der Waals surface area contributed by atoms with Gasteiger partial charge in [0, 0.05) is 10.9 Å². The minimum atomic E-state index is -0.854. The summed E-state index contributed by atoms with van der Waals surface area (Å²) in [4.78, 5) is 12.4. The summed E-state index contributed by atoms with van der Waals surface area (Å²) in [6, 6.07) is 22.8. The molecule has 1 aliphatic carbocycles. The molecule has 3 aromatic rings. The minimum absolute atomic E-state index is 0.00430. The first-order chi connectivity index (χ1) is 14.0. The van der Waals surface area contributed by atoms with Crippen LogP contribution in [0, 0.1) is 0 Å². The van der Waals surface area contributed by atoms with Gasteiger partial charge in [-0.1, -0.05) is 72.3 Å². The van der Waals surface area contributed by atoms with Gasteiger partial charge in [-0.15, -0.1) is 0 Å². The van der Waals surface area contributed by atoms with Gasteiger partial charge < -0.3 is 15.2 Å². The quantitative estimate of drug-likeness (QED) is 0.603. The van der Waals surface area contributed by atoms with E-state index in [1.165, 1.54) is 11.1 Å². The van der Waals surface area contributed by atoms with Crippen molar-refractivity contribution in [2.75, 3.05) is 6.61 Å². The maximum atomic E-state index is 12.4. The Hall–Kier alpha value is -2.82. The fraction of sp³-hybridized carbons (Fsp3) is 0.208. The van der Waals surface area contributed by atoms with Gasteiger partial charge in [0.25, 0.3) is 0 Å². The highest BCUT2D eigenvalue weighted by Crippen LogP contribution is 2.44. The van der Waals surface area contributed by atoms with E-state index in [1.807, 2.05) is 24.3 Å². The third kappa shape index (κ3) is 4.00. The van der Waals surface area contributed by atoms with Crippen molar-refractivity contribution in [3.05, 3.63) is 94.5 Å². The number of halogens is 1. The molecule has 1 aliphatic rings. The van der Waals surface area contributed by atoms with Gasteiger partial charge in [-0.3, -0.25) is 0 Å². The lowest BCUT2D eigenvalue weighted by atomic mass is 9.98. The molecule has 0 aromatic heterocycles. The summed E-state index contributed by atoms with van der Waals surface area (Å²) in [6.07, 6.45) is -1.40. The number of aliphatic hydroxyl groups is 1. The number of hydrogen-bond acceptors (Lipinski definition) is 3. The van der Waals surface area contributed by atoms with Gasteiger partial charge in [0.15, 0.2) is 0 Å². The number of rotatable bonds is 5. The van der Waals surface area contributed by atoms with Crippen molar-refractivity contribution in [1.29, 1.82) is 0 Å². The zero-order valence-electron chi connectivity index (χ0n) is 16.0. The Morgan fingerprint density at radius 3 is 2.14 bits per heavy atom. The molecule has 1 amide bonds. The summed E-state index contributed by atoms with van der Waals surface area (Å²) in [5.41, 5.74) is 5.37. The maximum absolute atomic E-state index is 12.4. The average Bonchev–Trinajstić information content (AvgIpc) is 3.06. The average molecular weight is 408 g/mol. The Morgan fingerprint density at radius 2 is 1.55 bits per heavy atom. The van der Waals surface area contributed by atoms with Gasteiger partial charge >= 0.3 is 6.09 Å². The second kappa shape index (κ2) is 8.27. The van der Waals surface area contributed by atoms with E-state index in [1.54, 1.807) is 31.2 Å². The number of benzene rings is 3. The van der Waals surface area contributed by atoms with Crippen LogP contribution in [0.5, 0.6) is 0 Å². The van der Waals surface area contributed by atoms with E-state index < -0.39 is 18.2 Å². The lowest BCUT2D eigenvalue weighted by Gasteiger charge is -2.21. The number of carbonyl (C=O) groups excluding carboxylic acids is 1. The van der Waals surface area contributed by atoms with Gasteiger partial charge in [-0.25, -0.2) is 4.79 Å². The lowest BCUT2D eigenvalue weighted by molar-refractivity contribution is 0.108. The molecule has 5 heteroatoms. The fourth-order valence-electron chi connectivity index (χ4n) is 3.85. The van der Waals surface area contributed by atoms with E-state index >= 15 is 0 Å². The number of nitrogens with one attached hydrogen (secondary N) is 1. The number of aliphatic hydroxyl groups excluding tert-OH is 1. The Balaban J connectivity index is 1.40. The second-order valence-electron chi connectivity index (χ2n) is 7.25. The Morgan fingerprint density at radius 1 is 1.00 bits per heavy atom. The molecule has 0 spiro atoms. The molecule has 2 N–H and O–H groups in total. The molecule has 0 aliphatic heterocycles. The van der Waals surface area contributed by atoms with E-state index in [0.717, 1.165) is 11.1 Å². The number of alkyl carbamates (subject to hydrolysis) is 1. The van der Waals surface area contributed by atoms with Crippen LogP contribution in [0.1, 0.15) is 35.6 Å². The number of carbonyl (C=O) groups is 1. The van der Waals surface area contributed by atoms with Gasteiger partial charge in [-0.2, -0.15) is 0 Å². The van der Waals surface area contributed by atoms with Crippen molar-refractivity contribution in [2.45, 2.75) is 25.0 Å². The molecule has 0 heterocycles. The molecule has 29 heavy (non-hydrogen) atoms. The van der Waals surface area contributed by atoms with Crippen molar-refractivity contribution >= 4 is 17.7 Å². The van der Waals surface area contributed by atoms with Crippen LogP contribution in [-0.4, -0.2) is 23.8 Å². The summed E-state index contributed by atoms with van der Waals surface area (Å²) in [7, 11) is 0. The smallest absolute Gasteiger partial charge is 0.407 e. The molecule has 0 fully saturated rings. The van der Waals surface area contributed by atoms with Gasteiger partial charge in [0.2, 0.25) is 0 Å². The first-order valence-electron chi connectivity index (χ1n) is 9.59. The summed E-state index contributed by atoms with van der Waals surface area (Å²) >= 11 is 5.88. The molecule has 0 saturated carbocycles. The van der Waals surface area contributed by atoms with E-state index in [9.17, 15) is 9.90 Å². The van der Waals surface area contributed by atoms with Crippen molar-refractivity contribution in [2.24, 2.45) is 0 Å². The zero-order chi connectivity index (χ0) is 20.4. The predicted molar refractivity (Wildman–Crippen MR) is 114 cm³/mol. The van der Waals surface area contributed by atoms with Gasteiger partial charge in [0.05, 0.1) is 12.1 Å². The highest BCUT2D eigenvalue weighted by atomic mass is 35.5. The Kier molecular flexibility index (Phi) is 5.56. The van der Waals surface area contributed by atoms with Crippen molar-refractivity contribution in [1.82, 2.24) is 5.32 Å². The topological polar surface area (TPSA) is 58.6 Å². The van der Waals surface area contributed by atoms with Crippen LogP contribution in [0.3, 0.4) is 0 Å². The van der Waals surface area contributed by atoms with E-state index in [2.05, 4.69) is 29.6 Å². The predicted octanol–water partition coefficient (Wildman–Crippen LogP) is 5.30. The monoisotopic (exact) mass is 407 g/mol. The third-order valence-corrected chi connectivity index (χ3v) is 5.63. The molecule has 2 unspecified atom stereocenters. The summed E-state index contributed by atoms with van der Waals surface area (Å²) < 4.78 is 5.53. The molecule has 148 valence electrons. The molecule has 0 bridgehead atoms. The van der Waals surface area contributed by atoms with Crippen LogP contribution in [0.25, 0.3) is 11.1 Å². The minimum Gasteiger partial charge on any atom is -0.449 e. The number of fused-ring (bicyclic) bond motifs is 3. The van der Waals surface area contributed by atoms with E-state index in [4.69, 9.17) is 16.3 Å². The lowest BCUT2D eigenvalue weighted by Crippen LogP contribution is -2.38. The first kappa shape index (κ1) is 19.5. The third-order valence-electron chi connectivity index (χ3n) is 5.37. The van der Waals surface area contributed by atoms with Crippen molar-refractivity contribution in [3.8, 4) is 11.1 Å². The number of ether oxygens (including phenoxy) is 1. The van der Waals surface area contributed by atoms with Crippen LogP contribution in [0.15, 0.2) is 72.8 Å². The molecular formula is C24H22ClNO3. The normalized spacial score (nSPS) is 14.6. The highest BCUT2D eigenvalue weighted by Gasteiger charge is 2.29. The zero-order valence-corrected chi connectivity index (χ0v) is 16.8. The molecule has 0 saturated heterocycles. The summed E-state index contributed by atoms with van der Waals surface area (Å²) in [6.45, 7) is 1.98. The Labute approximate surface area is 175 Å². The van der Waals surface area contributed by atoms with Crippen LogP contribution in [0.2, 0.25) is 5.02 Å². The van der Waals surface area contributed by atoms with Crippen LogP contribution >= 0.6 is 11.6 Å². The van der Waals surface area contributed by atoms with Gasteiger partial charge in [-0.05, 0) is 46.9 Å². The van der Waals surface area contributed by atoms with Crippen LogP contribution in [0.4, 0.5) is 4.79 Å². The van der Waals surface area contributed by atoms with Crippen molar-refractivity contribution < 1.29 is 14.6 Å². The van der Waals surface area contributed by atoms with E-state index in [0.29, 0.717) is 10.6 Å². The first-order valence-corrected chi connectivity index (χ1v) is 9.97. The summed E-state index contributed by atoms with van der Waals surface area (Å²) in [5.74, 6) is 0.00430. The fourth-order valence-corrected chi connectivity index (χ4v) is 3.98. The van der Waals surface area contributed by atoms with Crippen LogP contribution < -0.4 is 5.32 Å². The maximum Gasteiger partial charge on any atom is 0.407 e. The SMILES string of the molecule is CC(NC(=O)OCC1c2ccccc2-c2ccccc21)C(O)c1ccc(Cl)cc1. The molecular weight excluding hydrogens is 386 g/mol. The van der Waals surface area contributed by atoms with Crippen molar-refractivity contribution in [3.63, 3.8) is 0 Å². The molecule has 0 radical (unpaired) electrons. The van der Waals surface area contributed by atoms with Crippen LogP contribution in [-0.2, 0) is 4.74 Å². The Bertz CT molecular complexity index is 973. The largest absolute Gasteiger partial charge is 0.449 e. The molecule has 4 rings (SSSR count). The van der Waals surface area contributed by atoms with E-state index in [-0.39, 0.29) is 12.5 Å². The standard InChI is InChI=1S/C24H22ClNO3/c1-15(23(27)16-10-12-17(25)13-11-16)26-24(28)29-14-22-20-8-4-2-6-18(20)19-7-3-5-9-21(19)22/h2-13,15,22-23,27H,14H2,1H3,(H,26,28). The summed E-state index contributed by atoms with van der Waals surface area (Å²) in [5, 5.41) is 13.8. The van der Waals surface area contributed by atoms with Gasteiger partial charge in [0.1, 0.15) is 6.61 Å².